The molecule has 1 fully saturated rings. The highest BCUT2D eigenvalue weighted by atomic mass is 32.2. The summed E-state index contributed by atoms with van der Waals surface area (Å²) in [6, 6.07) is 19.6. The second kappa shape index (κ2) is 10.4. The monoisotopic (exact) mass is 575 g/mol. The van der Waals surface area contributed by atoms with E-state index in [1.54, 1.807) is 30.5 Å². The molecular formula is C29H29N5O4S2. The number of carboxylic acids is 1. The Hall–Kier alpha value is -4.22. The first kappa shape index (κ1) is 27.4. The fourth-order valence-corrected chi connectivity index (χ4v) is 6.30. The molecule has 0 unspecified atom stereocenters. The molecule has 2 atom stereocenters. The summed E-state index contributed by atoms with van der Waals surface area (Å²) in [7, 11) is -3.43. The first-order chi connectivity index (χ1) is 18.9. The second-order valence-corrected chi connectivity index (χ2v) is 12.0. The van der Waals surface area contributed by atoms with E-state index in [0.29, 0.717) is 10.8 Å². The molecule has 1 saturated heterocycles. The van der Waals surface area contributed by atoms with Crippen molar-refractivity contribution in [2.75, 3.05) is 15.9 Å². The van der Waals surface area contributed by atoms with Gasteiger partial charge in [-0.3, -0.25) is 9.71 Å². The van der Waals surface area contributed by atoms with E-state index in [1.807, 2.05) is 66.6 Å². The maximum atomic E-state index is 11.8. The number of hydrogen-bond acceptors (Lipinski definition) is 5. The van der Waals surface area contributed by atoms with Crippen LogP contribution in [0.15, 0.2) is 72.9 Å². The Morgan fingerprint density at radius 2 is 1.80 bits per heavy atom. The molecule has 0 aliphatic carbocycles. The fraction of sp³-hybridized carbons (Fsp3) is 0.207. The van der Waals surface area contributed by atoms with Gasteiger partial charge in [0, 0.05) is 29.0 Å². The van der Waals surface area contributed by atoms with E-state index in [-0.39, 0.29) is 17.6 Å². The largest absolute Gasteiger partial charge is 0.478 e. The SMILES string of the molecule is Cc1cc(N2C(=S)N[C@H](c3ccccn3)[C@@H]2c2cc(C)n(-c3cccc(C(=O)O)c3)c2C)ccc1NS(C)(=O)=O. The lowest BCUT2D eigenvalue weighted by atomic mass is 9.96. The molecule has 2 aromatic heterocycles. The van der Waals surface area contributed by atoms with Crippen LogP contribution < -0.4 is 14.9 Å². The van der Waals surface area contributed by atoms with Crippen LogP contribution in [0.1, 0.15) is 50.7 Å². The van der Waals surface area contributed by atoms with Crippen LogP contribution in [0.25, 0.3) is 5.69 Å². The molecule has 206 valence electrons. The zero-order chi connectivity index (χ0) is 28.8. The third kappa shape index (κ3) is 5.17. The van der Waals surface area contributed by atoms with Crippen LogP contribution in [0.4, 0.5) is 11.4 Å². The Morgan fingerprint density at radius 3 is 2.45 bits per heavy atom. The smallest absolute Gasteiger partial charge is 0.335 e. The molecule has 2 aromatic carbocycles. The number of carbonyl (C=O) groups is 1. The highest BCUT2D eigenvalue weighted by Gasteiger charge is 2.42. The molecule has 4 aromatic rings. The van der Waals surface area contributed by atoms with Gasteiger partial charge < -0.3 is 19.9 Å². The maximum Gasteiger partial charge on any atom is 0.335 e. The van der Waals surface area contributed by atoms with Gasteiger partial charge >= 0.3 is 5.97 Å². The van der Waals surface area contributed by atoms with E-state index in [2.05, 4.69) is 21.1 Å². The number of pyridine rings is 1. The molecule has 0 saturated carbocycles. The van der Waals surface area contributed by atoms with Crippen molar-refractivity contribution in [3.63, 3.8) is 0 Å². The third-order valence-corrected chi connectivity index (χ3v) is 7.93. The van der Waals surface area contributed by atoms with Crippen molar-refractivity contribution in [1.82, 2.24) is 14.9 Å². The molecule has 9 nitrogen and oxygen atoms in total. The molecule has 0 radical (unpaired) electrons. The summed E-state index contributed by atoms with van der Waals surface area (Å²) in [5.41, 5.74) is 6.71. The standard InChI is InChI=1S/C29H29N5O4S2/c1-17-14-22(11-12-24(17)32-40(4,37)38)34-27(26(31-29(34)39)25-10-5-6-13-30-25)23-15-18(2)33(19(23)3)21-9-7-8-20(16-21)28(35)36/h5-16,26-27,32H,1-4H3,(H,31,39)(H,35,36)/t26-,27+/m1/s1. The summed E-state index contributed by atoms with van der Waals surface area (Å²) in [6.07, 6.45) is 2.87. The van der Waals surface area contributed by atoms with E-state index in [0.717, 1.165) is 45.8 Å². The molecule has 1 aliphatic rings. The predicted molar refractivity (Wildman–Crippen MR) is 160 cm³/mol. The van der Waals surface area contributed by atoms with Crippen molar-refractivity contribution < 1.29 is 18.3 Å². The third-order valence-electron chi connectivity index (χ3n) is 7.02. The number of nitrogens with one attached hydrogen (secondary N) is 2. The van der Waals surface area contributed by atoms with Gasteiger partial charge in [0.1, 0.15) is 0 Å². The normalized spacial score (nSPS) is 17.1. The maximum absolute atomic E-state index is 11.8. The van der Waals surface area contributed by atoms with Gasteiger partial charge in [-0.2, -0.15) is 0 Å². The molecule has 3 N–H and O–H groups in total. The van der Waals surface area contributed by atoms with Crippen LogP contribution in [0.5, 0.6) is 0 Å². The van der Waals surface area contributed by atoms with Gasteiger partial charge in [-0.05, 0) is 98.7 Å². The molecule has 0 amide bonds. The van der Waals surface area contributed by atoms with Crippen molar-refractivity contribution in [2.45, 2.75) is 32.9 Å². The van der Waals surface area contributed by atoms with Crippen molar-refractivity contribution in [3.8, 4) is 5.69 Å². The summed E-state index contributed by atoms with van der Waals surface area (Å²) in [5, 5.41) is 13.5. The number of thiocarbonyl (C=S) groups is 1. The lowest BCUT2D eigenvalue weighted by Gasteiger charge is -2.29. The van der Waals surface area contributed by atoms with Crippen LogP contribution in [0.2, 0.25) is 0 Å². The fourth-order valence-electron chi connectivity index (χ4n) is 5.32. The van der Waals surface area contributed by atoms with E-state index in [4.69, 9.17) is 12.2 Å². The van der Waals surface area contributed by atoms with Gasteiger partial charge in [0.05, 0.1) is 35.3 Å². The summed E-state index contributed by atoms with van der Waals surface area (Å²) in [5.74, 6) is -0.986. The lowest BCUT2D eigenvalue weighted by molar-refractivity contribution is 0.0697. The Kier molecular flexibility index (Phi) is 7.11. The Balaban J connectivity index is 1.65. The van der Waals surface area contributed by atoms with E-state index in [1.165, 1.54) is 0 Å². The van der Waals surface area contributed by atoms with Crippen molar-refractivity contribution >= 4 is 44.7 Å². The van der Waals surface area contributed by atoms with Crippen LogP contribution in [0.3, 0.4) is 0 Å². The molecule has 11 heteroatoms. The topological polar surface area (TPSA) is 117 Å². The summed E-state index contributed by atoms with van der Waals surface area (Å²) < 4.78 is 28.3. The molecule has 3 heterocycles. The van der Waals surface area contributed by atoms with Gasteiger partial charge in [0.15, 0.2) is 5.11 Å². The molecule has 5 rings (SSSR count). The molecular weight excluding hydrogens is 546 g/mol. The van der Waals surface area contributed by atoms with E-state index in [9.17, 15) is 18.3 Å². The molecule has 40 heavy (non-hydrogen) atoms. The number of anilines is 2. The Bertz CT molecular complexity index is 1730. The molecule has 0 spiro atoms. The highest BCUT2D eigenvalue weighted by Crippen LogP contribution is 2.44. The Labute approximate surface area is 238 Å². The average Bonchev–Trinajstić information content (AvgIpc) is 3.40. The quantitative estimate of drug-likeness (QED) is 0.262. The first-order valence-electron chi connectivity index (χ1n) is 12.6. The van der Waals surface area contributed by atoms with Gasteiger partial charge in [-0.25, -0.2) is 13.2 Å². The van der Waals surface area contributed by atoms with Crippen molar-refractivity contribution in [2.24, 2.45) is 0 Å². The second-order valence-electron chi connectivity index (χ2n) is 9.89. The van der Waals surface area contributed by atoms with Gasteiger partial charge in [0.2, 0.25) is 10.0 Å². The van der Waals surface area contributed by atoms with Crippen molar-refractivity contribution in [1.29, 1.82) is 0 Å². The Morgan fingerprint density at radius 1 is 1.02 bits per heavy atom. The van der Waals surface area contributed by atoms with Crippen LogP contribution in [-0.2, 0) is 10.0 Å². The summed E-state index contributed by atoms with van der Waals surface area (Å²) in [6.45, 7) is 5.84. The number of aromatic nitrogens is 2. The minimum Gasteiger partial charge on any atom is -0.478 e. The summed E-state index contributed by atoms with van der Waals surface area (Å²) in [4.78, 5) is 18.3. The number of aromatic carboxylic acids is 1. The highest BCUT2D eigenvalue weighted by molar-refractivity contribution is 7.92. The first-order valence-corrected chi connectivity index (χ1v) is 14.9. The van der Waals surface area contributed by atoms with Crippen LogP contribution in [-0.4, -0.2) is 40.4 Å². The molecule has 1 aliphatic heterocycles. The number of sulfonamides is 1. The van der Waals surface area contributed by atoms with E-state index < -0.39 is 16.0 Å². The number of aryl methyl sites for hydroxylation is 2. The lowest BCUT2D eigenvalue weighted by Crippen LogP contribution is -2.29. The zero-order valence-corrected chi connectivity index (χ0v) is 24.0. The number of carboxylic acid groups (broad SMARTS) is 1. The van der Waals surface area contributed by atoms with Crippen LogP contribution in [0, 0.1) is 20.8 Å². The number of hydrogen-bond donors (Lipinski definition) is 3. The number of rotatable bonds is 7. The van der Waals surface area contributed by atoms with Gasteiger partial charge in [-0.1, -0.05) is 12.1 Å². The van der Waals surface area contributed by atoms with Crippen molar-refractivity contribution in [3.05, 3.63) is 107 Å². The minimum absolute atomic E-state index is 0.210. The average molecular weight is 576 g/mol. The number of nitrogens with zero attached hydrogens (tertiary/aromatic N) is 3. The molecule has 0 bridgehead atoms. The summed E-state index contributed by atoms with van der Waals surface area (Å²) >= 11 is 5.87. The predicted octanol–water partition coefficient (Wildman–Crippen LogP) is 5.04. The van der Waals surface area contributed by atoms with Gasteiger partial charge in [-0.15, -0.1) is 0 Å². The van der Waals surface area contributed by atoms with Crippen LogP contribution >= 0.6 is 12.2 Å². The number of benzene rings is 2. The zero-order valence-electron chi connectivity index (χ0n) is 22.4. The minimum atomic E-state index is -3.43. The van der Waals surface area contributed by atoms with E-state index >= 15 is 0 Å². The van der Waals surface area contributed by atoms with Gasteiger partial charge in [0.25, 0.3) is 0 Å².